The molecule has 0 bridgehead atoms. The minimum absolute atomic E-state index is 0.196. The maximum Gasteiger partial charge on any atom is 0.212 e. The number of tetrazole rings is 1. The highest BCUT2D eigenvalue weighted by Crippen LogP contribution is 2.28. The molecule has 1 aromatic heterocycles. The molecule has 0 amide bonds. The number of aryl methyl sites for hydroxylation is 1. The van der Waals surface area contributed by atoms with Crippen molar-refractivity contribution < 1.29 is 9.84 Å². The van der Waals surface area contributed by atoms with E-state index in [2.05, 4.69) is 15.4 Å². The van der Waals surface area contributed by atoms with Crippen LogP contribution in [0, 0.1) is 0 Å². The van der Waals surface area contributed by atoms with Crippen LogP contribution in [0.2, 0.25) is 5.02 Å². The molecule has 6 nitrogen and oxygen atoms in total. The second-order valence-corrected chi connectivity index (χ2v) is 4.26. The molecule has 0 aliphatic carbocycles. The zero-order valence-corrected chi connectivity index (χ0v) is 10.8. The van der Waals surface area contributed by atoms with Crippen LogP contribution in [0.5, 0.6) is 5.75 Å². The second-order valence-electron chi connectivity index (χ2n) is 3.85. The molecule has 1 atom stereocenters. The molecule has 1 heterocycles. The van der Waals surface area contributed by atoms with Gasteiger partial charge in [-0.05, 0) is 29.8 Å². The van der Waals surface area contributed by atoms with Crippen LogP contribution in [-0.4, -0.2) is 25.3 Å². The maximum absolute atomic E-state index is 9.42. The molecule has 0 spiro atoms. The van der Waals surface area contributed by atoms with Gasteiger partial charge in [0.25, 0.3) is 0 Å². The van der Waals surface area contributed by atoms with Crippen molar-refractivity contribution in [1.29, 1.82) is 0 Å². The topological polar surface area (TPSA) is 73.1 Å². The lowest BCUT2D eigenvalue weighted by Crippen LogP contribution is -2.00. The number of aliphatic hydroxyl groups is 1. The summed E-state index contributed by atoms with van der Waals surface area (Å²) in [6, 6.07) is 5.14. The van der Waals surface area contributed by atoms with Crippen LogP contribution < -0.4 is 4.74 Å². The van der Waals surface area contributed by atoms with E-state index in [0.717, 1.165) is 5.56 Å². The molecular formula is C11H13ClN4O2. The molecule has 2 aromatic rings. The van der Waals surface area contributed by atoms with Gasteiger partial charge in [0.1, 0.15) is 5.75 Å². The van der Waals surface area contributed by atoms with Crippen molar-refractivity contribution in [2.45, 2.75) is 19.6 Å². The SMILES string of the molecule is CC(O)c1ccc(OCc2nnn(C)n2)c(Cl)c1. The Hall–Kier alpha value is -1.66. The zero-order chi connectivity index (χ0) is 13.1. The number of aromatic nitrogens is 4. The van der Waals surface area contributed by atoms with Crippen molar-refractivity contribution in [3.05, 3.63) is 34.6 Å². The molecular weight excluding hydrogens is 256 g/mol. The number of aliphatic hydroxyl groups excluding tert-OH is 1. The Labute approximate surface area is 109 Å². The predicted octanol–water partition coefficient (Wildman–Crippen LogP) is 1.50. The molecule has 0 saturated heterocycles. The first kappa shape index (κ1) is 12.8. The third kappa shape index (κ3) is 2.96. The van der Waals surface area contributed by atoms with E-state index >= 15 is 0 Å². The summed E-state index contributed by atoms with van der Waals surface area (Å²) in [5.74, 6) is 1.00. The number of ether oxygens (including phenoxy) is 1. The number of rotatable bonds is 4. The van der Waals surface area contributed by atoms with Gasteiger partial charge >= 0.3 is 0 Å². The Kier molecular flexibility index (Phi) is 3.78. The van der Waals surface area contributed by atoms with E-state index in [0.29, 0.717) is 16.6 Å². The van der Waals surface area contributed by atoms with Crippen LogP contribution in [0.1, 0.15) is 24.4 Å². The fourth-order valence-electron chi connectivity index (χ4n) is 1.42. The molecule has 0 saturated carbocycles. The quantitative estimate of drug-likeness (QED) is 0.910. The van der Waals surface area contributed by atoms with Crippen molar-refractivity contribution in [3.63, 3.8) is 0 Å². The first-order valence-electron chi connectivity index (χ1n) is 5.39. The summed E-state index contributed by atoms with van der Waals surface area (Å²) in [7, 11) is 1.68. The maximum atomic E-state index is 9.42. The van der Waals surface area contributed by atoms with Crippen LogP contribution in [0.4, 0.5) is 0 Å². The lowest BCUT2D eigenvalue weighted by molar-refractivity contribution is 0.199. The third-order valence-electron chi connectivity index (χ3n) is 2.34. The molecule has 18 heavy (non-hydrogen) atoms. The molecule has 7 heteroatoms. The first-order chi connectivity index (χ1) is 8.56. The summed E-state index contributed by atoms with van der Waals surface area (Å²) >= 11 is 6.05. The van der Waals surface area contributed by atoms with Crippen LogP contribution >= 0.6 is 11.6 Å². The normalized spacial score (nSPS) is 12.4. The van der Waals surface area contributed by atoms with Crippen LogP contribution in [0.25, 0.3) is 0 Å². The summed E-state index contributed by atoms with van der Waals surface area (Å²) < 4.78 is 5.48. The number of hydrogen-bond acceptors (Lipinski definition) is 5. The Bertz CT molecular complexity index is 542. The fourth-order valence-corrected chi connectivity index (χ4v) is 1.66. The van der Waals surface area contributed by atoms with Crippen molar-refractivity contribution in [1.82, 2.24) is 20.2 Å². The fraction of sp³-hybridized carbons (Fsp3) is 0.364. The van der Waals surface area contributed by atoms with Gasteiger partial charge in [0.05, 0.1) is 18.2 Å². The van der Waals surface area contributed by atoms with Gasteiger partial charge in [-0.2, -0.15) is 4.80 Å². The standard InChI is InChI=1S/C11H13ClN4O2/c1-7(17)8-3-4-10(9(12)5-8)18-6-11-13-15-16(2)14-11/h3-5,7,17H,6H2,1-2H3. The van der Waals surface area contributed by atoms with Gasteiger partial charge in [0, 0.05) is 0 Å². The molecule has 1 unspecified atom stereocenters. The average molecular weight is 269 g/mol. The van der Waals surface area contributed by atoms with E-state index < -0.39 is 6.10 Å². The van der Waals surface area contributed by atoms with E-state index in [1.807, 2.05) is 0 Å². The lowest BCUT2D eigenvalue weighted by atomic mass is 10.1. The van der Waals surface area contributed by atoms with Crippen molar-refractivity contribution in [2.75, 3.05) is 0 Å². The van der Waals surface area contributed by atoms with Gasteiger partial charge in [0.15, 0.2) is 6.61 Å². The summed E-state index contributed by atoms with van der Waals surface area (Å²) in [6.07, 6.45) is -0.557. The number of halogens is 1. The monoisotopic (exact) mass is 268 g/mol. The van der Waals surface area contributed by atoms with Gasteiger partial charge in [-0.15, -0.1) is 10.2 Å². The Morgan fingerprint density at radius 1 is 1.50 bits per heavy atom. The van der Waals surface area contributed by atoms with Crippen LogP contribution in [0.15, 0.2) is 18.2 Å². The molecule has 2 rings (SSSR count). The van der Waals surface area contributed by atoms with E-state index in [9.17, 15) is 5.11 Å². The summed E-state index contributed by atoms with van der Waals surface area (Å²) in [5, 5.41) is 21.3. The minimum atomic E-state index is -0.557. The molecule has 0 aliphatic heterocycles. The van der Waals surface area contributed by atoms with E-state index in [-0.39, 0.29) is 6.61 Å². The van der Waals surface area contributed by atoms with Gasteiger partial charge in [-0.3, -0.25) is 0 Å². The Morgan fingerprint density at radius 3 is 2.83 bits per heavy atom. The van der Waals surface area contributed by atoms with Gasteiger partial charge in [-0.25, -0.2) is 0 Å². The largest absolute Gasteiger partial charge is 0.484 e. The zero-order valence-electron chi connectivity index (χ0n) is 10.0. The molecule has 1 aromatic carbocycles. The van der Waals surface area contributed by atoms with E-state index in [1.165, 1.54) is 4.80 Å². The van der Waals surface area contributed by atoms with Gasteiger partial charge in [-0.1, -0.05) is 17.7 Å². The van der Waals surface area contributed by atoms with Crippen molar-refractivity contribution in [2.24, 2.45) is 7.05 Å². The summed E-state index contributed by atoms with van der Waals surface area (Å²) in [5.41, 5.74) is 0.741. The second kappa shape index (κ2) is 5.32. The van der Waals surface area contributed by atoms with Crippen LogP contribution in [0.3, 0.4) is 0 Å². The van der Waals surface area contributed by atoms with E-state index in [1.54, 1.807) is 32.2 Å². The Balaban J connectivity index is 2.05. The highest BCUT2D eigenvalue weighted by Gasteiger charge is 2.08. The van der Waals surface area contributed by atoms with E-state index in [4.69, 9.17) is 16.3 Å². The highest BCUT2D eigenvalue weighted by atomic mass is 35.5. The molecule has 0 fully saturated rings. The van der Waals surface area contributed by atoms with Gasteiger partial charge in [0.2, 0.25) is 5.82 Å². The van der Waals surface area contributed by atoms with Gasteiger partial charge < -0.3 is 9.84 Å². The molecule has 0 aliphatic rings. The minimum Gasteiger partial charge on any atom is -0.484 e. The molecule has 1 N–H and O–H groups in total. The lowest BCUT2D eigenvalue weighted by Gasteiger charge is -2.09. The number of benzene rings is 1. The summed E-state index contributed by atoms with van der Waals surface area (Å²) in [4.78, 5) is 1.36. The predicted molar refractivity (Wildman–Crippen MR) is 65.2 cm³/mol. The average Bonchev–Trinajstić information content (AvgIpc) is 2.73. The van der Waals surface area contributed by atoms with Crippen molar-refractivity contribution in [3.8, 4) is 5.75 Å². The third-order valence-corrected chi connectivity index (χ3v) is 2.64. The van der Waals surface area contributed by atoms with Crippen LogP contribution in [-0.2, 0) is 13.7 Å². The molecule has 96 valence electrons. The number of nitrogens with zero attached hydrogens (tertiary/aromatic N) is 4. The van der Waals surface area contributed by atoms with Crippen molar-refractivity contribution >= 4 is 11.6 Å². The molecule has 0 radical (unpaired) electrons. The first-order valence-corrected chi connectivity index (χ1v) is 5.77. The smallest absolute Gasteiger partial charge is 0.212 e. The Morgan fingerprint density at radius 2 is 2.28 bits per heavy atom. The summed E-state index contributed by atoms with van der Waals surface area (Å²) in [6.45, 7) is 1.87. The highest BCUT2D eigenvalue weighted by molar-refractivity contribution is 6.32. The number of hydrogen-bond donors (Lipinski definition) is 1.